The molecule has 3 N–H and O–H groups in total. The number of nitrogens with one attached hydrogen (secondary N) is 1. The lowest BCUT2D eigenvalue weighted by molar-refractivity contribution is 0.0616. The van der Waals surface area contributed by atoms with Gasteiger partial charge in [0.25, 0.3) is 5.91 Å². The zero-order valence-corrected chi connectivity index (χ0v) is 9.59. The van der Waals surface area contributed by atoms with Gasteiger partial charge in [0.15, 0.2) is 0 Å². The molecule has 1 saturated heterocycles. The topological polar surface area (TPSA) is 91.1 Å². The molecule has 1 amide bonds. The van der Waals surface area contributed by atoms with Crippen LogP contribution in [0.2, 0.25) is 0 Å². The van der Waals surface area contributed by atoms with Crippen molar-refractivity contribution in [2.75, 3.05) is 31.9 Å². The molecule has 2 aliphatic rings. The van der Waals surface area contributed by atoms with E-state index in [1.165, 1.54) is 12.8 Å². The monoisotopic (exact) mass is 236 g/mol. The molecule has 0 bridgehead atoms. The summed E-state index contributed by atoms with van der Waals surface area (Å²) in [4.78, 5) is 20.1. The molecule has 0 radical (unpaired) electrons. The number of anilines is 1. The maximum Gasteiger partial charge on any atom is 0.291 e. The van der Waals surface area contributed by atoms with Crippen LogP contribution in [0.4, 0.5) is 5.95 Å². The van der Waals surface area contributed by atoms with Gasteiger partial charge in [0.2, 0.25) is 11.8 Å². The third-order valence-electron chi connectivity index (χ3n) is 3.37. The highest BCUT2D eigenvalue weighted by Crippen LogP contribution is 2.27. The molecular formula is C10H16N6O. The molecule has 1 aromatic heterocycles. The molecule has 0 spiro atoms. The smallest absolute Gasteiger partial charge is 0.291 e. The van der Waals surface area contributed by atoms with E-state index in [0.717, 1.165) is 32.2 Å². The lowest BCUT2D eigenvalue weighted by Crippen LogP contribution is -2.49. The van der Waals surface area contributed by atoms with Crippen molar-refractivity contribution in [1.82, 2.24) is 25.0 Å². The van der Waals surface area contributed by atoms with Gasteiger partial charge in [0.05, 0.1) is 0 Å². The van der Waals surface area contributed by atoms with E-state index in [2.05, 4.69) is 20.1 Å². The second-order valence-electron chi connectivity index (χ2n) is 4.60. The van der Waals surface area contributed by atoms with E-state index in [-0.39, 0.29) is 17.7 Å². The van der Waals surface area contributed by atoms with E-state index >= 15 is 0 Å². The molecule has 2 fully saturated rings. The van der Waals surface area contributed by atoms with Crippen LogP contribution in [0.5, 0.6) is 0 Å². The molecule has 1 aromatic rings. The number of carbonyl (C=O) groups is 1. The molecule has 1 saturated carbocycles. The zero-order chi connectivity index (χ0) is 11.8. The van der Waals surface area contributed by atoms with Gasteiger partial charge in [0.1, 0.15) is 0 Å². The highest BCUT2D eigenvalue weighted by molar-refractivity contribution is 5.90. The Balaban J connectivity index is 1.60. The summed E-state index contributed by atoms with van der Waals surface area (Å²) < 4.78 is 0. The largest absolute Gasteiger partial charge is 0.366 e. The number of nitrogen functional groups attached to an aromatic ring is 1. The van der Waals surface area contributed by atoms with Crippen molar-refractivity contribution in [3.05, 3.63) is 5.82 Å². The van der Waals surface area contributed by atoms with E-state index in [0.29, 0.717) is 0 Å². The minimum absolute atomic E-state index is 0.107. The van der Waals surface area contributed by atoms with Crippen molar-refractivity contribution in [2.24, 2.45) is 0 Å². The Morgan fingerprint density at radius 2 is 2.00 bits per heavy atom. The van der Waals surface area contributed by atoms with Crippen molar-refractivity contribution in [3.8, 4) is 0 Å². The van der Waals surface area contributed by atoms with Crippen molar-refractivity contribution in [2.45, 2.75) is 18.9 Å². The van der Waals surface area contributed by atoms with Crippen LogP contribution in [0.1, 0.15) is 23.5 Å². The van der Waals surface area contributed by atoms with E-state index in [1.54, 1.807) is 4.90 Å². The maximum absolute atomic E-state index is 12.0. The number of hydrogen-bond donors (Lipinski definition) is 2. The van der Waals surface area contributed by atoms with E-state index in [9.17, 15) is 4.79 Å². The van der Waals surface area contributed by atoms with E-state index in [4.69, 9.17) is 5.73 Å². The SMILES string of the molecule is Nc1n[nH]c(C(=O)N2CCN(C3CC3)CC2)n1. The zero-order valence-electron chi connectivity index (χ0n) is 9.59. The lowest BCUT2D eigenvalue weighted by atomic mass is 10.3. The summed E-state index contributed by atoms with van der Waals surface area (Å²) in [5, 5.41) is 6.23. The van der Waals surface area contributed by atoms with Crippen LogP contribution in [-0.4, -0.2) is 63.1 Å². The summed E-state index contributed by atoms with van der Waals surface area (Å²) in [6.07, 6.45) is 2.62. The van der Waals surface area contributed by atoms with Crippen LogP contribution in [0.3, 0.4) is 0 Å². The average molecular weight is 236 g/mol. The van der Waals surface area contributed by atoms with Gasteiger partial charge >= 0.3 is 0 Å². The van der Waals surface area contributed by atoms with Crippen LogP contribution < -0.4 is 5.73 Å². The maximum atomic E-state index is 12.0. The highest BCUT2D eigenvalue weighted by atomic mass is 16.2. The Hall–Kier alpha value is -1.63. The fourth-order valence-electron chi connectivity index (χ4n) is 2.25. The molecule has 0 aromatic carbocycles. The molecule has 92 valence electrons. The second-order valence-corrected chi connectivity index (χ2v) is 4.60. The number of nitrogens with zero attached hydrogens (tertiary/aromatic N) is 4. The summed E-state index contributed by atoms with van der Waals surface area (Å²) >= 11 is 0. The van der Waals surface area contributed by atoms with Gasteiger partial charge in [-0.25, -0.2) is 0 Å². The first-order valence-corrected chi connectivity index (χ1v) is 5.95. The van der Waals surface area contributed by atoms with Gasteiger partial charge in [0, 0.05) is 32.2 Å². The molecule has 0 unspecified atom stereocenters. The van der Waals surface area contributed by atoms with E-state index < -0.39 is 0 Å². The van der Waals surface area contributed by atoms with Crippen LogP contribution >= 0.6 is 0 Å². The predicted molar refractivity (Wildman–Crippen MR) is 61.3 cm³/mol. The molecule has 1 aliphatic carbocycles. The van der Waals surface area contributed by atoms with Gasteiger partial charge in [-0.3, -0.25) is 14.8 Å². The van der Waals surface area contributed by atoms with Crippen LogP contribution in [0.25, 0.3) is 0 Å². The first-order chi connectivity index (χ1) is 8.24. The number of H-pyrrole nitrogens is 1. The van der Waals surface area contributed by atoms with Crippen molar-refractivity contribution >= 4 is 11.9 Å². The van der Waals surface area contributed by atoms with Gasteiger partial charge in [-0.2, -0.15) is 4.98 Å². The summed E-state index contributed by atoms with van der Waals surface area (Å²) in [6, 6.07) is 0.771. The molecule has 17 heavy (non-hydrogen) atoms. The first-order valence-electron chi connectivity index (χ1n) is 5.95. The standard InChI is InChI=1S/C10H16N6O/c11-10-12-8(13-14-10)9(17)16-5-3-15(4-6-16)7-1-2-7/h7H,1-6H2,(H3,11,12,13,14). The number of aromatic amines is 1. The van der Waals surface area contributed by atoms with E-state index in [1.807, 2.05) is 0 Å². The Morgan fingerprint density at radius 3 is 2.53 bits per heavy atom. The number of aromatic nitrogens is 3. The normalized spacial score (nSPS) is 21.8. The Morgan fingerprint density at radius 1 is 1.29 bits per heavy atom. The van der Waals surface area contributed by atoms with Crippen LogP contribution in [0.15, 0.2) is 0 Å². The number of rotatable bonds is 2. The van der Waals surface area contributed by atoms with Crippen molar-refractivity contribution in [1.29, 1.82) is 0 Å². The molecule has 1 aliphatic heterocycles. The van der Waals surface area contributed by atoms with Crippen LogP contribution in [-0.2, 0) is 0 Å². The van der Waals surface area contributed by atoms with Gasteiger partial charge in [-0.05, 0) is 12.8 Å². The third-order valence-corrected chi connectivity index (χ3v) is 3.37. The molecule has 2 heterocycles. The Labute approximate surface area is 99.0 Å². The fraction of sp³-hybridized carbons (Fsp3) is 0.700. The number of hydrogen-bond acceptors (Lipinski definition) is 5. The summed E-state index contributed by atoms with van der Waals surface area (Å²) in [5.74, 6) is 0.247. The second kappa shape index (κ2) is 3.99. The number of nitrogens with two attached hydrogens (primary N) is 1. The van der Waals surface area contributed by atoms with Crippen LogP contribution in [0, 0.1) is 0 Å². The quantitative estimate of drug-likeness (QED) is 0.709. The first kappa shape index (κ1) is 10.5. The summed E-state index contributed by atoms with van der Waals surface area (Å²) in [6.45, 7) is 3.44. The highest BCUT2D eigenvalue weighted by Gasteiger charge is 2.32. The van der Waals surface area contributed by atoms with Gasteiger partial charge < -0.3 is 10.6 Å². The molecule has 7 nitrogen and oxygen atoms in total. The number of piperazine rings is 1. The van der Waals surface area contributed by atoms with Crippen molar-refractivity contribution in [3.63, 3.8) is 0 Å². The minimum atomic E-state index is -0.107. The number of carbonyl (C=O) groups excluding carboxylic acids is 1. The molecule has 0 atom stereocenters. The third kappa shape index (κ3) is 2.10. The fourth-order valence-corrected chi connectivity index (χ4v) is 2.25. The lowest BCUT2D eigenvalue weighted by Gasteiger charge is -2.34. The summed E-state index contributed by atoms with van der Waals surface area (Å²) in [7, 11) is 0. The predicted octanol–water partition coefficient (Wildman–Crippen LogP) is -0.693. The number of amides is 1. The molecular weight excluding hydrogens is 220 g/mol. The average Bonchev–Trinajstić information content (AvgIpc) is 3.11. The van der Waals surface area contributed by atoms with Crippen molar-refractivity contribution < 1.29 is 4.79 Å². The Kier molecular flexibility index (Phi) is 2.47. The molecule has 7 heteroatoms. The Bertz CT molecular complexity index is 418. The van der Waals surface area contributed by atoms with Gasteiger partial charge in [-0.15, -0.1) is 5.10 Å². The van der Waals surface area contributed by atoms with Gasteiger partial charge in [-0.1, -0.05) is 0 Å². The minimum Gasteiger partial charge on any atom is -0.366 e. The molecule has 3 rings (SSSR count). The summed E-state index contributed by atoms with van der Waals surface area (Å²) in [5.41, 5.74) is 5.38.